The summed E-state index contributed by atoms with van der Waals surface area (Å²) in [6.45, 7) is 8.79. The second-order valence-electron chi connectivity index (χ2n) is 7.76. The highest BCUT2D eigenvalue weighted by Gasteiger charge is 2.42. The summed E-state index contributed by atoms with van der Waals surface area (Å²) in [5.41, 5.74) is 5.76. The minimum Gasteiger partial charge on any atom is -0.351 e. The SMILES string of the molecule is Cc1cc([C@H]2[C@@H](c3ccccn3)NC(=S)N2c2ccc(Cl)cc2)c(C)n1C(C)C. The summed E-state index contributed by atoms with van der Waals surface area (Å²) in [5.74, 6) is 0. The molecule has 29 heavy (non-hydrogen) atoms. The average molecular weight is 425 g/mol. The number of rotatable bonds is 4. The third-order valence-electron chi connectivity index (χ3n) is 5.56. The number of hydrogen-bond acceptors (Lipinski definition) is 2. The van der Waals surface area contributed by atoms with Crippen LogP contribution in [0, 0.1) is 13.8 Å². The van der Waals surface area contributed by atoms with E-state index in [2.05, 4.69) is 59.6 Å². The molecule has 4 rings (SSSR count). The van der Waals surface area contributed by atoms with Crippen LogP contribution in [0.2, 0.25) is 5.02 Å². The Morgan fingerprint density at radius 3 is 2.41 bits per heavy atom. The zero-order chi connectivity index (χ0) is 20.7. The van der Waals surface area contributed by atoms with Gasteiger partial charge in [0.1, 0.15) is 0 Å². The molecule has 4 nitrogen and oxygen atoms in total. The van der Waals surface area contributed by atoms with E-state index in [0.29, 0.717) is 16.2 Å². The molecule has 0 aliphatic carbocycles. The Kier molecular flexibility index (Phi) is 5.36. The minimum atomic E-state index is -0.0412. The molecule has 1 aliphatic rings. The maximum Gasteiger partial charge on any atom is 0.174 e. The molecule has 0 bridgehead atoms. The topological polar surface area (TPSA) is 33.1 Å². The zero-order valence-electron chi connectivity index (χ0n) is 17.1. The first-order valence-electron chi connectivity index (χ1n) is 9.83. The molecule has 3 heterocycles. The van der Waals surface area contributed by atoms with Gasteiger partial charge < -0.3 is 14.8 Å². The van der Waals surface area contributed by atoms with Gasteiger partial charge in [0.25, 0.3) is 0 Å². The van der Waals surface area contributed by atoms with Gasteiger partial charge in [-0.25, -0.2) is 0 Å². The van der Waals surface area contributed by atoms with Crippen molar-refractivity contribution in [1.82, 2.24) is 14.9 Å². The Hall–Kier alpha value is -2.37. The fourth-order valence-electron chi connectivity index (χ4n) is 4.45. The van der Waals surface area contributed by atoms with Crippen LogP contribution in [0.5, 0.6) is 0 Å². The Bertz CT molecular complexity index is 1030. The quantitative estimate of drug-likeness (QED) is 0.527. The molecular weight excluding hydrogens is 400 g/mol. The number of halogens is 1. The van der Waals surface area contributed by atoms with Crippen LogP contribution in [0.25, 0.3) is 0 Å². The van der Waals surface area contributed by atoms with Crippen LogP contribution in [-0.2, 0) is 0 Å². The molecule has 6 heteroatoms. The lowest BCUT2D eigenvalue weighted by molar-refractivity contribution is 0.547. The molecule has 0 spiro atoms. The molecule has 2 aromatic heterocycles. The number of nitrogens with zero attached hydrogens (tertiary/aromatic N) is 3. The van der Waals surface area contributed by atoms with Gasteiger partial charge >= 0.3 is 0 Å². The molecule has 0 unspecified atom stereocenters. The number of benzene rings is 1. The lowest BCUT2D eigenvalue weighted by Crippen LogP contribution is -2.29. The van der Waals surface area contributed by atoms with E-state index in [0.717, 1.165) is 11.4 Å². The minimum absolute atomic E-state index is 0.00252. The lowest BCUT2D eigenvalue weighted by atomic mass is 9.96. The van der Waals surface area contributed by atoms with Crippen LogP contribution in [0.15, 0.2) is 54.7 Å². The van der Waals surface area contributed by atoms with Crippen molar-refractivity contribution >= 4 is 34.6 Å². The highest BCUT2D eigenvalue weighted by molar-refractivity contribution is 7.80. The summed E-state index contributed by atoms with van der Waals surface area (Å²) in [5, 5.41) is 4.93. The number of aromatic nitrogens is 2. The van der Waals surface area contributed by atoms with E-state index in [4.69, 9.17) is 23.8 Å². The Balaban J connectivity index is 1.88. The predicted octanol–water partition coefficient (Wildman–Crippen LogP) is 5.91. The molecule has 1 aliphatic heterocycles. The van der Waals surface area contributed by atoms with Crippen molar-refractivity contribution in [3.63, 3.8) is 0 Å². The second kappa shape index (κ2) is 7.81. The highest BCUT2D eigenvalue weighted by Crippen LogP contribution is 2.43. The largest absolute Gasteiger partial charge is 0.351 e. The molecule has 0 radical (unpaired) electrons. The van der Waals surface area contributed by atoms with E-state index in [9.17, 15) is 0 Å². The van der Waals surface area contributed by atoms with Crippen molar-refractivity contribution in [2.45, 2.75) is 45.8 Å². The van der Waals surface area contributed by atoms with E-state index < -0.39 is 0 Å². The van der Waals surface area contributed by atoms with Crippen molar-refractivity contribution < 1.29 is 0 Å². The zero-order valence-corrected chi connectivity index (χ0v) is 18.6. The first-order valence-corrected chi connectivity index (χ1v) is 10.6. The number of hydrogen-bond donors (Lipinski definition) is 1. The van der Waals surface area contributed by atoms with Gasteiger partial charge in [-0.05, 0) is 87.9 Å². The molecule has 3 aromatic rings. The van der Waals surface area contributed by atoms with Gasteiger partial charge in [0.2, 0.25) is 0 Å². The van der Waals surface area contributed by atoms with Crippen LogP contribution >= 0.6 is 23.8 Å². The molecule has 0 amide bonds. The maximum atomic E-state index is 6.14. The van der Waals surface area contributed by atoms with Gasteiger partial charge in [-0.1, -0.05) is 17.7 Å². The van der Waals surface area contributed by atoms with E-state index in [1.54, 1.807) is 0 Å². The Morgan fingerprint density at radius 2 is 1.83 bits per heavy atom. The normalized spacial score (nSPS) is 19.1. The average Bonchev–Trinajstić information content (AvgIpc) is 3.19. The third-order valence-corrected chi connectivity index (χ3v) is 6.13. The van der Waals surface area contributed by atoms with E-state index in [1.807, 2.05) is 42.6 Å². The third kappa shape index (κ3) is 3.53. The molecule has 1 fully saturated rings. The van der Waals surface area contributed by atoms with Crippen LogP contribution in [0.3, 0.4) is 0 Å². The summed E-state index contributed by atoms with van der Waals surface area (Å²) in [6, 6.07) is 16.5. The summed E-state index contributed by atoms with van der Waals surface area (Å²) >= 11 is 11.9. The van der Waals surface area contributed by atoms with Gasteiger partial charge in [0, 0.05) is 34.3 Å². The van der Waals surface area contributed by atoms with Crippen molar-refractivity contribution in [3.8, 4) is 0 Å². The maximum absolute atomic E-state index is 6.14. The van der Waals surface area contributed by atoms with Gasteiger partial charge in [-0.2, -0.15) is 0 Å². The Labute approximate surface area is 182 Å². The second-order valence-corrected chi connectivity index (χ2v) is 8.59. The first-order chi connectivity index (χ1) is 13.9. The molecule has 1 N–H and O–H groups in total. The van der Waals surface area contributed by atoms with Crippen LogP contribution in [0.1, 0.15) is 54.6 Å². The highest BCUT2D eigenvalue weighted by atomic mass is 35.5. The van der Waals surface area contributed by atoms with Gasteiger partial charge in [-0.3, -0.25) is 4.98 Å². The number of nitrogens with one attached hydrogen (secondary N) is 1. The Morgan fingerprint density at radius 1 is 1.10 bits per heavy atom. The van der Waals surface area contributed by atoms with Crippen LogP contribution in [0.4, 0.5) is 5.69 Å². The van der Waals surface area contributed by atoms with E-state index in [1.165, 1.54) is 17.0 Å². The fourth-order valence-corrected chi connectivity index (χ4v) is 4.92. The van der Waals surface area contributed by atoms with E-state index in [-0.39, 0.29) is 12.1 Å². The molecule has 2 atom stereocenters. The number of anilines is 1. The van der Waals surface area contributed by atoms with Crippen molar-refractivity contribution in [2.24, 2.45) is 0 Å². The predicted molar refractivity (Wildman–Crippen MR) is 124 cm³/mol. The van der Waals surface area contributed by atoms with E-state index >= 15 is 0 Å². The van der Waals surface area contributed by atoms with Crippen LogP contribution < -0.4 is 10.2 Å². The molecular formula is C23H25ClN4S. The fraction of sp³-hybridized carbons (Fsp3) is 0.304. The monoisotopic (exact) mass is 424 g/mol. The number of thiocarbonyl (C=S) groups is 1. The summed E-state index contributed by atoms with van der Waals surface area (Å²) in [7, 11) is 0. The van der Waals surface area contributed by atoms with Gasteiger partial charge in [0.05, 0.1) is 17.8 Å². The van der Waals surface area contributed by atoms with Gasteiger partial charge in [0.15, 0.2) is 5.11 Å². The summed E-state index contributed by atoms with van der Waals surface area (Å²) in [6.07, 6.45) is 1.83. The smallest absolute Gasteiger partial charge is 0.174 e. The molecule has 1 aromatic carbocycles. The van der Waals surface area contributed by atoms with Crippen molar-refractivity contribution in [1.29, 1.82) is 0 Å². The lowest BCUT2D eigenvalue weighted by Gasteiger charge is -2.28. The number of pyridine rings is 1. The summed E-state index contributed by atoms with van der Waals surface area (Å²) < 4.78 is 2.38. The molecule has 0 saturated carbocycles. The van der Waals surface area contributed by atoms with Crippen molar-refractivity contribution in [2.75, 3.05) is 4.90 Å². The van der Waals surface area contributed by atoms with Crippen molar-refractivity contribution in [3.05, 3.63) is 82.4 Å². The van der Waals surface area contributed by atoms with Crippen LogP contribution in [-0.4, -0.2) is 14.7 Å². The van der Waals surface area contributed by atoms with Gasteiger partial charge in [-0.15, -0.1) is 0 Å². The summed E-state index contributed by atoms with van der Waals surface area (Å²) in [4.78, 5) is 6.82. The standard InChI is InChI=1S/C23H25ClN4S/c1-14(2)27-15(3)13-19(16(27)4)22-21(20-7-5-6-12-25-20)26-23(29)28(22)18-10-8-17(24)9-11-18/h5-14,21-22H,1-4H3,(H,26,29)/t21-,22+/m1/s1. The molecule has 150 valence electrons. The molecule has 1 saturated heterocycles. The number of aryl methyl sites for hydroxylation is 1. The first kappa shape index (κ1) is 19.9.